The molecule has 0 amide bonds. The SMILES string of the molecule is Cl.NCC[C@H](N)c1cccc(F)c1Br. The monoisotopic (exact) mass is 282 g/mol. The van der Waals surface area contributed by atoms with Gasteiger partial charge >= 0.3 is 0 Å². The van der Waals surface area contributed by atoms with E-state index in [9.17, 15) is 4.39 Å². The maximum absolute atomic E-state index is 13.0. The topological polar surface area (TPSA) is 52.0 Å². The Morgan fingerprint density at radius 3 is 2.64 bits per heavy atom. The zero-order valence-electron chi connectivity index (χ0n) is 7.54. The Kier molecular flexibility index (Phi) is 6.27. The lowest BCUT2D eigenvalue weighted by Gasteiger charge is -2.12. The summed E-state index contributed by atoms with van der Waals surface area (Å²) in [5.74, 6) is -0.287. The van der Waals surface area contributed by atoms with Gasteiger partial charge in [-0.3, -0.25) is 0 Å². The van der Waals surface area contributed by atoms with Crippen molar-refractivity contribution in [1.82, 2.24) is 0 Å². The van der Waals surface area contributed by atoms with Crippen molar-refractivity contribution in [2.24, 2.45) is 11.5 Å². The van der Waals surface area contributed by atoms with Gasteiger partial charge in [-0.2, -0.15) is 0 Å². The van der Waals surface area contributed by atoms with Gasteiger partial charge in [0.05, 0.1) is 4.47 Å². The maximum Gasteiger partial charge on any atom is 0.137 e. The first-order chi connectivity index (χ1) is 6.16. The molecule has 0 bridgehead atoms. The van der Waals surface area contributed by atoms with Crippen LogP contribution < -0.4 is 11.5 Å². The van der Waals surface area contributed by atoms with Crippen molar-refractivity contribution < 1.29 is 4.39 Å². The largest absolute Gasteiger partial charge is 0.330 e. The third-order valence-electron chi connectivity index (χ3n) is 1.86. The Balaban J connectivity index is 0.00000169. The Bertz CT molecular complexity index is 296. The normalized spacial score (nSPS) is 12.0. The highest BCUT2D eigenvalue weighted by Gasteiger charge is 2.11. The number of benzene rings is 1. The van der Waals surface area contributed by atoms with E-state index in [4.69, 9.17) is 11.5 Å². The smallest absolute Gasteiger partial charge is 0.137 e. The molecule has 0 heterocycles. The van der Waals surface area contributed by atoms with Crippen LogP contribution in [0.5, 0.6) is 0 Å². The fourth-order valence-electron chi connectivity index (χ4n) is 1.14. The summed E-state index contributed by atoms with van der Waals surface area (Å²) in [7, 11) is 0. The maximum atomic E-state index is 13.0. The summed E-state index contributed by atoms with van der Waals surface area (Å²) in [5, 5.41) is 0. The van der Waals surface area contributed by atoms with E-state index in [1.165, 1.54) is 6.07 Å². The molecule has 0 radical (unpaired) electrons. The predicted molar refractivity (Wildman–Crippen MR) is 61.9 cm³/mol. The lowest BCUT2D eigenvalue weighted by molar-refractivity contribution is 0.603. The zero-order chi connectivity index (χ0) is 9.84. The van der Waals surface area contributed by atoms with Crippen LogP contribution >= 0.6 is 28.3 Å². The molecule has 1 aromatic carbocycles. The number of hydrogen-bond acceptors (Lipinski definition) is 2. The van der Waals surface area contributed by atoms with Gasteiger partial charge in [0, 0.05) is 6.04 Å². The average Bonchev–Trinajstić information content (AvgIpc) is 2.10. The van der Waals surface area contributed by atoms with E-state index in [-0.39, 0.29) is 24.3 Å². The Morgan fingerprint density at radius 1 is 1.43 bits per heavy atom. The lowest BCUT2D eigenvalue weighted by Crippen LogP contribution is -2.16. The Morgan fingerprint density at radius 2 is 2.07 bits per heavy atom. The van der Waals surface area contributed by atoms with Gasteiger partial charge in [-0.05, 0) is 40.5 Å². The standard InChI is InChI=1S/C9H12BrFN2.ClH/c10-9-6(8(13)4-5-12)2-1-3-7(9)11;/h1-3,8H,4-5,12-13H2;1H/t8-;/m0./s1. The van der Waals surface area contributed by atoms with Crippen molar-refractivity contribution in [2.45, 2.75) is 12.5 Å². The van der Waals surface area contributed by atoms with Crippen molar-refractivity contribution in [3.8, 4) is 0 Å². The van der Waals surface area contributed by atoms with Gasteiger partial charge in [0.15, 0.2) is 0 Å². The van der Waals surface area contributed by atoms with Gasteiger partial charge in [-0.25, -0.2) is 4.39 Å². The molecule has 0 unspecified atom stereocenters. The highest BCUT2D eigenvalue weighted by molar-refractivity contribution is 9.10. The molecule has 0 fully saturated rings. The molecule has 0 spiro atoms. The summed E-state index contributed by atoms with van der Waals surface area (Å²) in [4.78, 5) is 0. The van der Waals surface area contributed by atoms with Gasteiger partial charge in [-0.15, -0.1) is 12.4 Å². The van der Waals surface area contributed by atoms with Crippen LogP contribution in [0, 0.1) is 5.82 Å². The summed E-state index contributed by atoms with van der Waals surface area (Å²) in [6.07, 6.45) is 0.655. The van der Waals surface area contributed by atoms with Gasteiger partial charge in [-0.1, -0.05) is 12.1 Å². The highest BCUT2D eigenvalue weighted by Crippen LogP contribution is 2.25. The molecule has 5 heteroatoms. The van der Waals surface area contributed by atoms with E-state index < -0.39 is 0 Å². The van der Waals surface area contributed by atoms with Crippen LogP contribution in [-0.4, -0.2) is 6.54 Å². The van der Waals surface area contributed by atoms with E-state index in [0.29, 0.717) is 17.4 Å². The molecule has 0 aliphatic rings. The average molecular weight is 284 g/mol. The molecule has 0 aliphatic carbocycles. The summed E-state index contributed by atoms with van der Waals surface area (Å²) in [6, 6.07) is 4.64. The number of hydrogen-bond donors (Lipinski definition) is 2. The van der Waals surface area contributed by atoms with E-state index >= 15 is 0 Å². The molecule has 2 nitrogen and oxygen atoms in total. The van der Waals surface area contributed by atoms with Crippen molar-refractivity contribution >= 4 is 28.3 Å². The number of rotatable bonds is 3. The van der Waals surface area contributed by atoms with Crippen molar-refractivity contribution in [3.05, 3.63) is 34.1 Å². The summed E-state index contributed by atoms with van der Waals surface area (Å²) >= 11 is 3.15. The molecule has 0 aromatic heterocycles. The fraction of sp³-hybridized carbons (Fsp3) is 0.333. The van der Waals surface area contributed by atoms with Gasteiger partial charge < -0.3 is 11.5 Å². The van der Waals surface area contributed by atoms with E-state index in [1.54, 1.807) is 12.1 Å². The fourth-order valence-corrected chi connectivity index (χ4v) is 1.70. The second-order valence-corrected chi connectivity index (χ2v) is 3.62. The zero-order valence-corrected chi connectivity index (χ0v) is 9.94. The first-order valence-electron chi connectivity index (χ1n) is 4.06. The first-order valence-corrected chi connectivity index (χ1v) is 4.85. The Labute approximate surface area is 97.4 Å². The van der Waals surface area contributed by atoms with E-state index in [1.807, 2.05) is 0 Å². The van der Waals surface area contributed by atoms with Crippen LogP contribution in [0.15, 0.2) is 22.7 Å². The number of halogens is 3. The van der Waals surface area contributed by atoms with Crippen LogP contribution in [0.2, 0.25) is 0 Å². The highest BCUT2D eigenvalue weighted by atomic mass is 79.9. The predicted octanol–water partition coefficient (Wildman–Crippen LogP) is 2.36. The minimum Gasteiger partial charge on any atom is -0.330 e. The number of nitrogens with two attached hydrogens (primary N) is 2. The molecule has 0 saturated carbocycles. The van der Waals surface area contributed by atoms with Crippen LogP contribution in [-0.2, 0) is 0 Å². The summed E-state index contributed by atoms with van der Waals surface area (Å²) in [6.45, 7) is 0.504. The minimum absolute atomic E-state index is 0. The van der Waals surface area contributed by atoms with E-state index in [0.717, 1.165) is 5.56 Å². The quantitative estimate of drug-likeness (QED) is 0.895. The van der Waals surface area contributed by atoms with Gasteiger partial charge in [0.1, 0.15) is 5.82 Å². The second kappa shape index (κ2) is 6.35. The van der Waals surface area contributed by atoms with Crippen molar-refractivity contribution in [2.75, 3.05) is 6.54 Å². The summed E-state index contributed by atoms with van der Waals surface area (Å²) < 4.78 is 13.5. The van der Waals surface area contributed by atoms with Crippen LogP contribution in [0.1, 0.15) is 18.0 Å². The molecule has 1 aromatic rings. The van der Waals surface area contributed by atoms with Gasteiger partial charge in [0.25, 0.3) is 0 Å². The van der Waals surface area contributed by atoms with Crippen LogP contribution in [0.3, 0.4) is 0 Å². The molecule has 14 heavy (non-hydrogen) atoms. The Hall–Kier alpha value is -0.160. The third kappa shape index (κ3) is 3.20. The van der Waals surface area contributed by atoms with Crippen molar-refractivity contribution in [3.63, 3.8) is 0 Å². The van der Waals surface area contributed by atoms with Crippen molar-refractivity contribution in [1.29, 1.82) is 0 Å². The molecule has 1 rings (SSSR count). The lowest BCUT2D eigenvalue weighted by atomic mass is 10.1. The molecule has 0 aliphatic heterocycles. The second-order valence-electron chi connectivity index (χ2n) is 2.83. The molecular formula is C9H13BrClFN2. The van der Waals surface area contributed by atoms with E-state index in [2.05, 4.69) is 15.9 Å². The summed E-state index contributed by atoms with van der Waals surface area (Å²) in [5.41, 5.74) is 11.9. The molecule has 1 atom stereocenters. The third-order valence-corrected chi connectivity index (χ3v) is 2.70. The first kappa shape index (κ1) is 13.8. The minimum atomic E-state index is -0.287. The van der Waals surface area contributed by atoms with Gasteiger partial charge in [0.2, 0.25) is 0 Å². The van der Waals surface area contributed by atoms with Crippen LogP contribution in [0.4, 0.5) is 4.39 Å². The molecule has 80 valence electrons. The molecule has 0 saturated heterocycles. The molecular weight excluding hydrogens is 270 g/mol. The molecule has 4 N–H and O–H groups in total. The van der Waals surface area contributed by atoms with Crippen LogP contribution in [0.25, 0.3) is 0 Å².